The highest BCUT2D eigenvalue weighted by Gasteiger charge is 2.24. The molecule has 0 atom stereocenters. The molecule has 2 aromatic carbocycles. The monoisotopic (exact) mass is 411 g/mol. The van der Waals surface area contributed by atoms with Crippen molar-refractivity contribution in [2.24, 2.45) is 4.99 Å². The van der Waals surface area contributed by atoms with Gasteiger partial charge in [-0.2, -0.15) is 0 Å². The Hall–Kier alpha value is -3.02. The molecule has 0 amide bonds. The van der Waals surface area contributed by atoms with Crippen molar-refractivity contribution in [2.75, 3.05) is 51.2 Å². The molecule has 0 saturated carbocycles. The molecule has 3 aromatic rings. The molecular weight excluding hydrogens is 382 g/mol. The molecule has 5 heteroatoms. The predicted molar refractivity (Wildman–Crippen MR) is 128 cm³/mol. The summed E-state index contributed by atoms with van der Waals surface area (Å²) in [6.45, 7) is 6.66. The number of piperazine rings is 1. The first-order chi connectivity index (χ1) is 15.3. The van der Waals surface area contributed by atoms with E-state index in [2.05, 4.69) is 76.3 Å². The third-order valence-electron chi connectivity index (χ3n) is 6.20. The van der Waals surface area contributed by atoms with Gasteiger partial charge in [0.05, 0.1) is 11.4 Å². The zero-order valence-corrected chi connectivity index (χ0v) is 18.1. The zero-order valence-electron chi connectivity index (χ0n) is 18.1. The molecule has 0 unspecified atom stereocenters. The Morgan fingerprint density at radius 2 is 1.58 bits per heavy atom. The van der Waals surface area contributed by atoms with E-state index in [1.807, 2.05) is 18.3 Å². The van der Waals surface area contributed by atoms with E-state index in [-0.39, 0.29) is 0 Å². The summed E-state index contributed by atoms with van der Waals surface area (Å²) in [6, 6.07) is 23.1. The first kappa shape index (κ1) is 19.9. The van der Waals surface area contributed by atoms with Gasteiger partial charge in [-0.25, -0.2) is 9.98 Å². The van der Waals surface area contributed by atoms with E-state index in [0.29, 0.717) is 0 Å². The van der Waals surface area contributed by atoms with Gasteiger partial charge >= 0.3 is 0 Å². The van der Waals surface area contributed by atoms with Crippen LogP contribution in [0.15, 0.2) is 77.9 Å². The summed E-state index contributed by atoms with van der Waals surface area (Å²) in [6.07, 6.45) is 2.96. The highest BCUT2D eigenvalue weighted by atomic mass is 15.3. The van der Waals surface area contributed by atoms with Crippen LogP contribution in [0.25, 0.3) is 0 Å². The summed E-state index contributed by atoms with van der Waals surface area (Å²) in [7, 11) is 2.21. The van der Waals surface area contributed by atoms with E-state index in [9.17, 15) is 0 Å². The lowest BCUT2D eigenvalue weighted by Gasteiger charge is -2.33. The fourth-order valence-electron chi connectivity index (χ4n) is 4.45. The molecule has 1 aromatic heterocycles. The number of rotatable bonds is 5. The van der Waals surface area contributed by atoms with E-state index in [1.54, 1.807) is 0 Å². The van der Waals surface area contributed by atoms with Crippen LogP contribution in [0.2, 0.25) is 0 Å². The van der Waals surface area contributed by atoms with Gasteiger partial charge in [0, 0.05) is 50.0 Å². The van der Waals surface area contributed by atoms with Crippen LogP contribution in [-0.4, -0.2) is 66.8 Å². The van der Waals surface area contributed by atoms with Gasteiger partial charge in [0.15, 0.2) is 5.82 Å². The van der Waals surface area contributed by atoms with Crippen LogP contribution in [0.3, 0.4) is 0 Å². The molecule has 5 rings (SSSR count). The molecule has 5 nitrogen and oxygen atoms in total. The Kier molecular flexibility index (Phi) is 5.78. The second kappa shape index (κ2) is 9.00. The van der Waals surface area contributed by atoms with Crippen molar-refractivity contribution in [1.29, 1.82) is 0 Å². The van der Waals surface area contributed by atoms with E-state index >= 15 is 0 Å². The lowest BCUT2D eigenvalue weighted by atomic mass is 10.00. The average molecular weight is 412 g/mol. The Bertz CT molecular complexity index is 1050. The van der Waals surface area contributed by atoms with Crippen molar-refractivity contribution in [3.05, 3.63) is 84.1 Å². The van der Waals surface area contributed by atoms with Crippen LogP contribution < -0.4 is 4.90 Å². The SMILES string of the molecule is CN1CCN(CCCN2c3ccccc3C(c3ccccc3)=Nc3cccnc32)CC1. The number of benzene rings is 2. The van der Waals surface area contributed by atoms with Gasteiger partial charge in [0.1, 0.15) is 5.69 Å². The summed E-state index contributed by atoms with van der Waals surface area (Å²) in [5.74, 6) is 0.944. The van der Waals surface area contributed by atoms with Gasteiger partial charge < -0.3 is 14.7 Å². The maximum absolute atomic E-state index is 5.10. The first-order valence-corrected chi connectivity index (χ1v) is 11.2. The smallest absolute Gasteiger partial charge is 0.159 e. The standard InChI is InChI=1S/C26H29N5/c1-29-17-19-30(20-18-29)15-8-16-31-24-13-6-5-11-22(24)25(21-9-3-2-4-10-21)28-23-12-7-14-27-26(23)31/h2-7,9-14H,8,15-20H2,1H3. The fourth-order valence-corrected chi connectivity index (χ4v) is 4.45. The van der Waals surface area contributed by atoms with Crippen LogP contribution in [0.4, 0.5) is 17.2 Å². The molecule has 31 heavy (non-hydrogen) atoms. The number of anilines is 2. The van der Waals surface area contributed by atoms with E-state index in [0.717, 1.165) is 74.0 Å². The fraction of sp³-hybridized carbons (Fsp3) is 0.308. The molecule has 2 aliphatic heterocycles. The third kappa shape index (κ3) is 4.24. The number of fused-ring (bicyclic) bond motifs is 2. The highest BCUT2D eigenvalue weighted by molar-refractivity contribution is 6.18. The van der Waals surface area contributed by atoms with E-state index in [4.69, 9.17) is 9.98 Å². The topological polar surface area (TPSA) is 35.0 Å². The number of aromatic nitrogens is 1. The van der Waals surface area contributed by atoms with Crippen LogP contribution in [-0.2, 0) is 0 Å². The maximum atomic E-state index is 5.10. The molecule has 0 radical (unpaired) electrons. The predicted octanol–water partition coefficient (Wildman–Crippen LogP) is 4.34. The van der Waals surface area contributed by atoms with Gasteiger partial charge in [-0.3, -0.25) is 0 Å². The van der Waals surface area contributed by atoms with E-state index < -0.39 is 0 Å². The van der Waals surface area contributed by atoms with E-state index in [1.165, 1.54) is 5.69 Å². The first-order valence-electron chi connectivity index (χ1n) is 11.2. The molecule has 3 heterocycles. The van der Waals surface area contributed by atoms with Crippen LogP contribution in [0.1, 0.15) is 17.5 Å². The number of pyridine rings is 1. The lowest BCUT2D eigenvalue weighted by Crippen LogP contribution is -2.45. The van der Waals surface area contributed by atoms with Gasteiger partial charge in [-0.05, 0) is 38.2 Å². The third-order valence-corrected chi connectivity index (χ3v) is 6.20. The Morgan fingerprint density at radius 1 is 0.806 bits per heavy atom. The molecular formula is C26H29N5. The molecule has 1 saturated heterocycles. The average Bonchev–Trinajstić information content (AvgIpc) is 2.96. The lowest BCUT2D eigenvalue weighted by molar-refractivity contribution is 0.153. The number of hydrogen-bond donors (Lipinski definition) is 0. The number of likely N-dealkylation sites (N-methyl/N-ethyl adjacent to an activating group) is 1. The summed E-state index contributed by atoms with van der Waals surface area (Å²) in [5.41, 5.74) is 5.40. The van der Waals surface area contributed by atoms with Crippen molar-refractivity contribution in [3.63, 3.8) is 0 Å². The summed E-state index contributed by atoms with van der Waals surface area (Å²) < 4.78 is 0. The quantitative estimate of drug-likeness (QED) is 0.626. The van der Waals surface area contributed by atoms with Crippen molar-refractivity contribution >= 4 is 22.9 Å². The number of para-hydroxylation sites is 1. The number of hydrogen-bond acceptors (Lipinski definition) is 5. The second-order valence-corrected chi connectivity index (χ2v) is 8.34. The van der Waals surface area contributed by atoms with Gasteiger partial charge in [-0.15, -0.1) is 0 Å². The second-order valence-electron chi connectivity index (χ2n) is 8.34. The molecule has 1 fully saturated rings. The Balaban J connectivity index is 1.47. The van der Waals surface area contributed by atoms with Crippen molar-refractivity contribution in [2.45, 2.75) is 6.42 Å². The number of aliphatic imine (C=N–C) groups is 1. The van der Waals surface area contributed by atoms with Gasteiger partial charge in [-0.1, -0.05) is 48.5 Å². The summed E-state index contributed by atoms with van der Waals surface area (Å²) in [4.78, 5) is 17.2. The minimum absolute atomic E-state index is 0.922. The number of nitrogens with zero attached hydrogens (tertiary/aromatic N) is 5. The normalized spacial score (nSPS) is 16.9. The zero-order chi connectivity index (χ0) is 21.0. The van der Waals surface area contributed by atoms with Gasteiger partial charge in [0.25, 0.3) is 0 Å². The molecule has 0 spiro atoms. The van der Waals surface area contributed by atoms with Crippen molar-refractivity contribution in [1.82, 2.24) is 14.8 Å². The molecule has 0 bridgehead atoms. The van der Waals surface area contributed by atoms with Gasteiger partial charge in [0.2, 0.25) is 0 Å². The molecule has 2 aliphatic rings. The van der Waals surface area contributed by atoms with Crippen molar-refractivity contribution in [3.8, 4) is 0 Å². The Morgan fingerprint density at radius 3 is 2.42 bits per heavy atom. The minimum Gasteiger partial charge on any atom is -0.324 e. The molecule has 0 aliphatic carbocycles. The maximum Gasteiger partial charge on any atom is 0.159 e. The largest absolute Gasteiger partial charge is 0.324 e. The molecule has 0 N–H and O–H groups in total. The summed E-state index contributed by atoms with van der Waals surface area (Å²) >= 11 is 0. The van der Waals surface area contributed by atoms with Crippen LogP contribution in [0.5, 0.6) is 0 Å². The minimum atomic E-state index is 0.922. The van der Waals surface area contributed by atoms with Crippen LogP contribution in [0, 0.1) is 0 Å². The van der Waals surface area contributed by atoms with Crippen LogP contribution >= 0.6 is 0 Å². The highest BCUT2D eigenvalue weighted by Crippen LogP contribution is 2.39. The molecule has 158 valence electrons. The Labute approximate surface area is 184 Å². The van der Waals surface area contributed by atoms with Crippen molar-refractivity contribution < 1.29 is 0 Å². The summed E-state index contributed by atoms with van der Waals surface area (Å²) in [5, 5.41) is 0.